The van der Waals surface area contributed by atoms with Crippen LogP contribution in [0.2, 0.25) is 0 Å². The zero-order valence-electron chi connectivity index (χ0n) is 9.44. The fourth-order valence-corrected chi connectivity index (χ4v) is 1.39. The predicted octanol–water partition coefficient (Wildman–Crippen LogP) is 3.21. The first-order valence-corrected chi connectivity index (χ1v) is 5.21. The molecule has 0 N–H and O–H groups in total. The highest BCUT2D eigenvalue weighted by Gasteiger charge is 1.98. The lowest BCUT2D eigenvalue weighted by atomic mass is 10.2. The highest BCUT2D eigenvalue weighted by molar-refractivity contribution is 5.27. The van der Waals surface area contributed by atoms with Gasteiger partial charge in [0.1, 0.15) is 23.9 Å². The van der Waals surface area contributed by atoms with E-state index in [0.717, 1.165) is 11.3 Å². The van der Waals surface area contributed by atoms with E-state index in [4.69, 9.17) is 9.47 Å². The minimum absolute atomic E-state index is 0.379. The van der Waals surface area contributed by atoms with Crippen molar-refractivity contribution in [3.63, 3.8) is 0 Å². The summed E-state index contributed by atoms with van der Waals surface area (Å²) in [7, 11) is 1.62. The highest BCUT2D eigenvalue weighted by Crippen LogP contribution is 2.15. The van der Waals surface area contributed by atoms with E-state index < -0.39 is 5.82 Å². The van der Waals surface area contributed by atoms with Gasteiger partial charge in [0.25, 0.3) is 0 Å². The van der Waals surface area contributed by atoms with Crippen molar-refractivity contribution in [2.75, 3.05) is 7.11 Å². The Morgan fingerprint density at radius 1 is 1.12 bits per heavy atom. The van der Waals surface area contributed by atoms with E-state index in [-0.39, 0.29) is 0 Å². The summed E-state index contributed by atoms with van der Waals surface area (Å²) in [6, 6.07) is 14.6. The van der Waals surface area contributed by atoms with Crippen molar-refractivity contribution in [2.24, 2.45) is 0 Å². The van der Waals surface area contributed by atoms with E-state index in [9.17, 15) is 4.39 Å². The van der Waals surface area contributed by atoms with Crippen LogP contribution in [0.15, 0.2) is 42.5 Å². The van der Waals surface area contributed by atoms with Gasteiger partial charge in [0.2, 0.25) is 0 Å². The van der Waals surface area contributed by atoms with E-state index in [2.05, 4.69) is 6.07 Å². The molecule has 0 bridgehead atoms. The van der Waals surface area contributed by atoms with Crippen LogP contribution < -0.4 is 9.47 Å². The fraction of sp³-hybridized carbons (Fsp3) is 0.143. The van der Waals surface area contributed by atoms with Crippen molar-refractivity contribution in [1.82, 2.24) is 0 Å². The van der Waals surface area contributed by atoms with Gasteiger partial charge in [-0.25, -0.2) is 4.39 Å². The maximum absolute atomic E-state index is 12.8. The molecule has 0 aliphatic rings. The summed E-state index contributed by atoms with van der Waals surface area (Å²) >= 11 is 0. The summed E-state index contributed by atoms with van der Waals surface area (Å²) in [5, 5.41) is 0. The minimum atomic E-state index is -0.419. The molecule has 0 atom stereocenters. The number of hydrogen-bond donors (Lipinski definition) is 0. The average Bonchev–Trinajstić information content (AvgIpc) is 2.37. The van der Waals surface area contributed by atoms with E-state index in [1.807, 2.05) is 24.3 Å². The lowest BCUT2D eigenvalue weighted by Gasteiger charge is -2.06. The molecule has 0 heterocycles. The molecule has 2 aromatic rings. The Morgan fingerprint density at radius 2 is 1.88 bits per heavy atom. The van der Waals surface area contributed by atoms with E-state index in [1.54, 1.807) is 19.2 Å². The third-order valence-electron chi connectivity index (χ3n) is 2.29. The number of ether oxygens (including phenoxy) is 2. The molecule has 2 nitrogen and oxygen atoms in total. The largest absolute Gasteiger partial charge is 0.497 e. The Kier molecular flexibility index (Phi) is 3.60. The molecule has 3 heteroatoms. The molecule has 1 radical (unpaired) electrons. The predicted molar refractivity (Wildman–Crippen MR) is 62.6 cm³/mol. The second-order valence-electron chi connectivity index (χ2n) is 3.50. The lowest BCUT2D eigenvalue weighted by molar-refractivity contribution is 0.303. The van der Waals surface area contributed by atoms with Crippen LogP contribution in [0.25, 0.3) is 0 Å². The van der Waals surface area contributed by atoms with Crippen molar-refractivity contribution in [1.29, 1.82) is 0 Å². The molecule has 0 saturated heterocycles. The Bertz CT molecular complexity index is 480. The van der Waals surface area contributed by atoms with Crippen molar-refractivity contribution in [3.05, 3.63) is 59.9 Å². The van der Waals surface area contributed by atoms with E-state index in [1.165, 1.54) is 6.07 Å². The zero-order valence-corrected chi connectivity index (χ0v) is 9.44. The molecule has 0 aromatic heterocycles. The molecule has 0 aliphatic carbocycles. The minimum Gasteiger partial charge on any atom is -0.497 e. The lowest BCUT2D eigenvalue weighted by Crippen LogP contribution is -1.95. The fourth-order valence-electron chi connectivity index (χ4n) is 1.39. The Hall–Kier alpha value is -2.03. The smallest absolute Gasteiger partial charge is 0.135 e. The quantitative estimate of drug-likeness (QED) is 0.804. The van der Waals surface area contributed by atoms with Crippen LogP contribution in [0.1, 0.15) is 5.56 Å². The maximum Gasteiger partial charge on any atom is 0.135 e. The van der Waals surface area contributed by atoms with Gasteiger partial charge in [0, 0.05) is 0 Å². The topological polar surface area (TPSA) is 18.5 Å². The molecule has 87 valence electrons. The number of benzene rings is 2. The van der Waals surface area contributed by atoms with Crippen LogP contribution in [0, 0.1) is 11.9 Å². The molecule has 2 aromatic carbocycles. The first-order valence-electron chi connectivity index (χ1n) is 5.21. The van der Waals surface area contributed by atoms with Crippen molar-refractivity contribution in [3.8, 4) is 11.5 Å². The van der Waals surface area contributed by atoms with Crippen LogP contribution in [-0.4, -0.2) is 7.11 Å². The summed E-state index contributed by atoms with van der Waals surface area (Å²) in [5.41, 5.74) is 0.989. The van der Waals surface area contributed by atoms with Gasteiger partial charge in [-0.05, 0) is 29.8 Å². The number of methoxy groups -OCH3 is 1. The van der Waals surface area contributed by atoms with Gasteiger partial charge in [-0.3, -0.25) is 0 Å². The molecule has 0 amide bonds. The van der Waals surface area contributed by atoms with Crippen LogP contribution in [-0.2, 0) is 6.61 Å². The third kappa shape index (κ3) is 3.21. The van der Waals surface area contributed by atoms with Crippen LogP contribution in [0.3, 0.4) is 0 Å². The Balaban J connectivity index is 1.97. The van der Waals surface area contributed by atoms with Gasteiger partial charge in [0.05, 0.1) is 13.2 Å². The second kappa shape index (κ2) is 5.34. The highest BCUT2D eigenvalue weighted by atomic mass is 19.1. The zero-order chi connectivity index (χ0) is 12.1. The molecular weight excluding hydrogens is 219 g/mol. The van der Waals surface area contributed by atoms with Crippen molar-refractivity contribution >= 4 is 0 Å². The average molecular weight is 231 g/mol. The van der Waals surface area contributed by atoms with Gasteiger partial charge in [-0.15, -0.1) is 0 Å². The summed E-state index contributed by atoms with van der Waals surface area (Å²) in [5.74, 6) is 0.782. The summed E-state index contributed by atoms with van der Waals surface area (Å²) in [6.07, 6.45) is 0. The van der Waals surface area contributed by atoms with Crippen molar-refractivity contribution < 1.29 is 13.9 Å². The third-order valence-corrected chi connectivity index (χ3v) is 2.29. The molecular formula is C14H12FO2. The van der Waals surface area contributed by atoms with Gasteiger partial charge in [-0.1, -0.05) is 18.2 Å². The van der Waals surface area contributed by atoms with Gasteiger partial charge in [0.15, 0.2) is 0 Å². The standard InChI is InChI=1S/C14H12FO2/c1-16-13-7-5-11(6-8-13)10-17-14-4-2-3-12(15)9-14/h2-8H,10H2,1H3. The first kappa shape index (κ1) is 11.5. The molecule has 2 rings (SSSR count). The first-order chi connectivity index (χ1) is 8.28. The summed E-state index contributed by atoms with van der Waals surface area (Å²) in [4.78, 5) is 0. The normalized spacial score (nSPS) is 10.0. The van der Waals surface area contributed by atoms with E-state index >= 15 is 0 Å². The molecule has 0 unspecified atom stereocenters. The summed E-state index contributed by atoms with van der Waals surface area (Å²) < 4.78 is 23.3. The van der Waals surface area contributed by atoms with Crippen LogP contribution >= 0.6 is 0 Å². The van der Waals surface area contributed by atoms with Crippen LogP contribution in [0.5, 0.6) is 11.5 Å². The number of hydrogen-bond acceptors (Lipinski definition) is 2. The van der Waals surface area contributed by atoms with E-state index in [0.29, 0.717) is 12.4 Å². The SMILES string of the molecule is COc1ccc(COc2[c]c(F)ccc2)cc1. The van der Waals surface area contributed by atoms with Gasteiger partial charge < -0.3 is 9.47 Å². The summed E-state index contributed by atoms with van der Waals surface area (Å²) in [6.45, 7) is 0.379. The maximum atomic E-state index is 12.8. The molecule has 0 saturated carbocycles. The van der Waals surface area contributed by atoms with Gasteiger partial charge >= 0.3 is 0 Å². The second-order valence-corrected chi connectivity index (χ2v) is 3.50. The van der Waals surface area contributed by atoms with Crippen LogP contribution in [0.4, 0.5) is 4.39 Å². The molecule has 17 heavy (non-hydrogen) atoms. The number of halogens is 1. The number of rotatable bonds is 4. The van der Waals surface area contributed by atoms with Crippen molar-refractivity contribution in [2.45, 2.75) is 6.61 Å². The molecule has 0 spiro atoms. The van der Waals surface area contributed by atoms with Gasteiger partial charge in [-0.2, -0.15) is 0 Å². The monoisotopic (exact) mass is 231 g/mol. The Labute approximate surface area is 99.6 Å². The molecule has 0 fully saturated rings. The molecule has 0 aliphatic heterocycles. The Morgan fingerprint density at radius 3 is 2.53 bits per heavy atom.